The van der Waals surface area contributed by atoms with Gasteiger partial charge in [-0.25, -0.2) is 14.1 Å². The Labute approximate surface area is 155 Å². The zero-order valence-corrected chi connectivity index (χ0v) is 14.9. The van der Waals surface area contributed by atoms with Crippen molar-refractivity contribution in [2.24, 2.45) is 0 Å². The fourth-order valence-electron chi connectivity index (χ4n) is 2.67. The quantitative estimate of drug-likeness (QED) is 0.540. The van der Waals surface area contributed by atoms with E-state index in [1.54, 1.807) is 29.2 Å². The normalized spacial score (nSPS) is 10.9. The average molecular weight is 364 g/mol. The standard InChI is InChI=1S/C19H17FN6O/c1-13-3-8-18(27-13)17-10-21-24-19(23-17)25(2)11-14-9-22-26(12-14)16-6-4-15(20)5-7-16/h3-10,12H,11H2,1-2H3. The van der Waals surface area contributed by atoms with Gasteiger partial charge in [0, 0.05) is 25.4 Å². The molecule has 136 valence electrons. The third-order valence-electron chi connectivity index (χ3n) is 4.03. The van der Waals surface area contributed by atoms with E-state index in [0.717, 1.165) is 17.0 Å². The molecule has 0 saturated heterocycles. The van der Waals surface area contributed by atoms with Crippen molar-refractivity contribution in [1.29, 1.82) is 0 Å². The Morgan fingerprint density at radius 3 is 2.67 bits per heavy atom. The van der Waals surface area contributed by atoms with Crippen molar-refractivity contribution < 1.29 is 8.81 Å². The van der Waals surface area contributed by atoms with E-state index in [4.69, 9.17) is 4.42 Å². The van der Waals surface area contributed by atoms with Crippen LogP contribution in [0.1, 0.15) is 11.3 Å². The highest BCUT2D eigenvalue weighted by molar-refractivity contribution is 5.52. The molecule has 0 fully saturated rings. The zero-order valence-electron chi connectivity index (χ0n) is 14.9. The summed E-state index contributed by atoms with van der Waals surface area (Å²) < 4.78 is 20.4. The molecule has 4 rings (SSSR count). The first-order chi connectivity index (χ1) is 13.1. The summed E-state index contributed by atoms with van der Waals surface area (Å²) in [6, 6.07) is 9.91. The number of rotatable bonds is 5. The van der Waals surface area contributed by atoms with Gasteiger partial charge in [-0.05, 0) is 43.3 Å². The van der Waals surface area contributed by atoms with Crippen LogP contribution in [0.25, 0.3) is 17.1 Å². The molecule has 3 aromatic heterocycles. The smallest absolute Gasteiger partial charge is 0.246 e. The van der Waals surface area contributed by atoms with E-state index >= 15 is 0 Å². The van der Waals surface area contributed by atoms with Crippen molar-refractivity contribution in [1.82, 2.24) is 25.0 Å². The minimum Gasteiger partial charge on any atom is -0.460 e. The number of hydrogen-bond donors (Lipinski definition) is 0. The van der Waals surface area contributed by atoms with Crippen molar-refractivity contribution in [3.05, 3.63) is 72.1 Å². The minimum atomic E-state index is -0.276. The molecule has 0 amide bonds. The highest BCUT2D eigenvalue weighted by Crippen LogP contribution is 2.21. The topological polar surface area (TPSA) is 72.9 Å². The molecule has 0 aliphatic heterocycles. The molecular weight excluding hydrogens is 347 g/mol. The molecule has 0 bridgehead atoms. The van der Waals surface area contributed by atoms with Gasteiger partial charge < -0.3 is 9.32 Å². The van der Waals surface area contributed by atoms with Gasteiger partial charge >= 0.3 is 0 Å². The largest absolute Gasteiger partial charge is 0.460 e. The van der Waals surface area contributed by atoms with Gasteiger partial charge in [-0.15, -0.1) is 5.10 Å². The predicted octanol–water partition coefficient (Wildman–Crippen LogP) is 3.40. The van der Waals surface area contributed by atoms with Gasteiger partial charge in [0.1, 0.15) is 17.3 Å². The van der Waals surface area contributed by atoms with E-state index in [-0.39, 0.29) is 5.82 Å². The van der Waals surface area contributed by atoms with Crippen molar-refractivity contribution in [2.75, 3.05) is 11.9 Å². The summed E-state index contributed by atoms with van der Waals surface area (Å²) in [4.78, 5) is 6.39. The molecule has 3 heterocycles. The maximum Gasteiger partial charge on any atom is 0.246 e. The lowest BCUT2D eigenvalue weighted by atomic mass is 10.3. The Morgan fingerprint density at radius 2 is 1.93 bits per heavy atom. The zero-order chi connectivity index (χ0) is 18.8. The molecule has 0 saturated carbocycles. The van der Waals surface area contributed by atoms with Crippen LogP contribution in [0.3, 0.4) is 0 Å². The molecule has 7 nitrogen and oxygen atoms in total. The number of aryl methyl sites for hydroxylation is 1. The fourth-order valence-corrected chi connectivity index (χ4v) is 2.67. The number of benzene rings is 1. The maximum atomic E-state index is 13.1. The molecule has 0 atom stereocenters. The van der Waals surface area contributed by atoms with E-state index in [1.165, 1.54) is 12.1 Å². The second-order valence-corrected chi connectivity index (χ2v) is 6.18. The second-order valence-electron chi connectivity index (χ2n) is 6.18. The maximum absolute atomic E-state index is 13.1. The molecule has 0 N–H and O–H groups in total. The van der Waals surface area contributed by atoms with Gasteiger partial charge in [-0.3, -0.25) is 0 Å². The Hall–Kier alpha value is -3.55. The van der Waals surface area contributed by atoms with Crippen molar-refractivity contribution in [3.63, 3.8) is 0 Å². The molecule has 8 heteroatoms. The molecule has 0 radical (unpaired) electrons. The molecule has 0 aliphatic carbocycles. The van der Waals surface area contributed by atoms with Gasteiger partial charge in [-0.2, -0.15) is 10.2 Å². The highest BCUT2D eigenvalue weighted by atomic mass is 19.1. The first-order valence-corrected chi connectivity index (χ1v) is 8.35. The Morgan fingerprint density at radius 1 is 1.11 bits per heavy atom. The van der Waals surface area contributed by atoms with E-state index in [0.29, 0.717) is 23.9 Å². The van der Waals surface area contributed by atoms with Crippen molar-refractivity contribution >= 4 is 5.95 Å². The number of furan rings is 1. The Kier molecular flexibility index (Phi) is 4.37. The second kappa shape index (κ2) is 6.99. The summed E-state index contributed by atoms with van der Waals surface area (Å²) in [7, 11) is 1.88. The van der Waals surface area contributed by atoms with Crippen LogP contribution in [0, 0.1) is 12.7 Å². The summed E-state index contributed by atoms with van der Waals surface area (Å²) in [6.45, 7) is 2.42. The number of halogens is 1. The van der Waals surface area contributed by atoms with E-state index < -0.39 is 0 Å². The minimum absolute atomic E-state index is 0.276. The number of nitrogens with zero attached hydrogens (tertiary/aromatic N) is 6. The third-order valence-corrected chi connectivity index (χ3v) is 4.03. The summed E-state index contributed by atoms with van der Waals surface area (Å²) in [5.41, 5.74) is 2.38. The summed E-state index contributed by atoms with van der Waals surface area (Å²) >= 11 is 0. The lowest BCUT2D eigenvalue weighted by Crippen LogP contribution is -2.19. The van der Waals surface area contributed by atoms with Crippen LogP contribution >= 0.6 is 0 Å². The fraction of sp³-hybridized carbons (Fsp3) is 0.158. The number of hydrogen-bond acceptors (Lipinski definition) is 6. The van der Waals surface area contributed by atoms with Crippen LogP contribution in [-0.2, 0) is 6.54 Å². The summed E-state index contributed by atoms with van der Waals surface area (Å²) in [5, 5.41) is 12.4. The molecule has 27 heavy (non-hydrogen) atoms. The van der Waals surface area contributed by atoms with Crippen LogP contribution in [0.15, 0.2) is 59.4 Å². The summed E-state index contributed by atoms with van der Waals surface area (Å²) in [6.07, 6.45) is 5.21. The molecule has 4 aromatic rings. The van der Waals surface area contributed by atoms with Crippen LogP contribution < -0.4 is 4.90 Å². The molecule has 0 aliphatic rings. The molecule has 0 spiro atoms. The molecular formula is C19H17FN6O. The molecule has 1 aromatic carbocycles. The summed E-state index contributed by atoms with van der Waals surface area (Å²) in [5.74, 6) is 1.67. The predicted molar refractivity (Wildman–Crippen MR) is 97.9 cm³/mol. The van der Waals surface area contributed by atoms with Crippen LogP contribution in [0.4, 0.5) is 10.3 Å². The highest BCUT2D eigenvalue weighted by Gasteiger charge is 2.12. The van der Waals surface area contributed by atoms with Crippen LogP contribution in [-0.4, -0.2) is 32.0 Å². The number of aromatic nitrogens is 5. The van der Waals surface area contributed by atoms with Gasteiger partial charge in [0.25, 0.3) is 0 Å². The SMILES string of the molecule is Cc1ccc(-c2cnnc(N(C)Cc3cnn(-c4ccc(F)cc4)c3)n2)o1. The third kappa shape index (κ3) is 3.69. The average Bonchev–Trinajstić information content (AvgIpc) is 3.32. The Bertz CT molecular complexity index is 1060. The van der Waals surface area contributed by atoms with Crippen LogP contribution in [0.2, 0.25) is 0 Å². The van der Waals surface area contributed by atoms with Gasteiger partial charge in [-0.1, -0.05) is 0 Å². The Balaban J connectivity index is 1.51. The van der Waals surface area contributed by atoms with Crippen molar-refractivity contribution in [2.45, 2.75) is 13.5 Å². The lowest BCUT2D eigenvalue weighted by molar-refractivity contribution is 0.545. The molecule has 0 unspecified atom stereocenters. The van der Waals surface area contributed by atoms with Gasteiger partial charge in [0.15, 0.2) is 5.76 Å². The van der Waals surface area contributed by atoms with Crippen molar-refractivity contribution in [3.8, 4) is 17.1 Å². The monoisotopic (exact) mass is 364 g/mol. The number of anilines is 1. The first kappa shape index (κ1) is 16.9. The lowest BCUT2D eigenvalue weighted by Gasteiger charge is -2.15. The van der Waals surface area contributed by atoms with E-state index in [1.807, 2.05) is 37.2 Å². The van der Waals surface area contributed by atoms with E-state index in [2.05, 4.69) is 20.3 Å². The first-order valence-electron chi connectivity index (χ1n) is 8.35. The van der Waals surface area contributed by atoms with E-state index in [9.17, 15) is 4.39 Å². The van der Waals surface area contributed by atoms with Gasteiger partial charge in [0.05, 0.1) is 18.1 Å². The van der Waals surface area contributed by atoms with Gasteiger partial charge in [0.2, 0.25) is 5.95 Å². The van der Waals surface area contributed by atoms with Crippen LogP contribution in [0.5, 0.6) is 0 Å².